The Morgan fingerprint density at radius 2 is 2.28 bits per heavy atom. The molecule has 0 saturated carbocycles. The molecule has 0 aliphatic rings. The minimum Gasteiger partial charge on any atom is -0.423 e. The molecule has 2 rings (SSSR count). The summed E-state index contributed by atoms with van der Waals surface area (Å²) in [5.41, 5.74) is -0.497. The van der Waals surface area contributed by atoms with E-state index in [0.717, 1.165) is 0 Å². The lowest BCUT2D eigenvalue weighted by molar-refractivity contribution is -0.383. The van der Waals surface area contributed by atoms with Gasteiger partial charge in [0, 0.05) is 12.6 Å². The largest absolute Gasteiger partial charge is 0.423 e. The maximum absolute atomic E-state index is 10.8. The van der Waals surface area contributed by atoms with Crippen molar-refractivity contribution in [3.8, 4) is 0 Å². The van der Waals surface area contributed by atoms with Crippen LogP contribution in [0.1, 0.15) is 13.8 Å². The Morgan fingerprint density at radius 3 is 2.89 bits per heavy atom. The van der Waals surface area contributed by atoms with E-state index in [1.54, 1.807) is 19.9 Å². The van der Waals surface area contributed by atoms with Crippen molar-refractivity contribution in [2.75, 3.05) is 11.9 Å². The summed E-state index contributed by atoms with van der Waals surface area (Å²) in [4.78, 5) is 14.3. The van der Waals surface area contributed by atoms with Crippen molar-refractivity contribution in [1.29, 1.82) is 0 Å². The number of anilines is 1. The van der Waals surface area contributed by atoms with Gasteiger partial charge in [0.15, 0.2) is 11.1 Å². The van der Waals surface area contributed by atoms with Crippen LogP contribution >= 0.6 is 0 Å². The summed E-state index contributed by atoms with van der Waals surface area (Å²) in [6.07, 6.45) is 0. The van der Waals surface area contributed by atoms with Crippen molar-refractivity contribution in [1.82, 2.24) is 4.98 Å². The topological polar surface area (TPSA) is 101 Å². The first-order valence-electron chi connectivity index (χ1n) is 5.37. The molecule has 0 amide bonds. The highest BCUT2D eigenvalue weighted by molar-refractivity contribution is 5.83. The number of fused-ring (bicyclic) bond motifs is 1. The zero-order valence-corrected chi connectivity index (χ0v) is 10.0. The molecule has 1 aromatic carbocycles. The third kappa shape index (κ3) is 2.57. The maximum Gasteiger partial charge on any atom is 0.298 e. The molecule has 0 atom stereocenters. The SMILES string of the molecule is CC(C)(O)CNc1nc2c([N+](=O)[O-])cccc2o1. The van der Waals surface area contributed by atoms with Crippen LogP contribution in [0.4, 0.5) is 11.7 Å². The average Bonchev–Trinajstić information content (AvgIpc) is 2.67. The fourth-order valence-electron chi connectivity index (χ4n) is 1.45. The van der Waals surface area contributed by atoms with Gasteiger partial charge in [0.05, 0.1) is 10.5 Å². The first-order chi connectivity index (χ1) is 8.37. The lowest BCUT2D eigenvalue weighted by Crippen LogP contribution is -2.29. The molecule has 0 unspecified atom stereocenters. The summed E-state index contributed by atoms with van der Waals surface area (Å²) in [6.45, 7) is 3.49. The summed E-state index contributed by atoms with van der Waals surface area (Å²) in [5, 5.41) is 23.2. The first kappa shape index (κ1) is 12.3. The average molecular weight is 251 g/mol. The third-order valence-electron chi connectivity index (χ3n) is 2.27. The van der Waals surface area contributed by atoms with Gasteiger partial charge in [-0.05, 0) is 19.9 Å². The van der Waals surface area contributed by atoms with Gasteiger partial charge >= 0.3 is 0 Å². The van der Waals surface area contributed by atoms with Crippen molar-refractivity contribution in [2.45, 2.75) is 19.4 Å². The minimum absolute atomic E-state index is 0.104. The molecule has 96 valence electrons. The third-order valence-corrected chi connectivity index (χ3v) is 2.27. The highest BCUT2D eigenvalue weighted by Gasteiger charge is 2.19. The molecule has 2 N–H and O–H groups in total. The molecule has 2 aromatic rings. The molecular weight excluding hydrogens is 238 g/mol. The second kappa shape index (κ2) is 4.26. The van der Waals surface area contributed by atoms with Gasteiger partial charge in [-0.1, -0.05) is 6.07 Å². The molecule has 0 aliphatic carbocycles. The highest BCUT2D eigenvalue weighted by Crippen LogP contribution is 2.27. The summed E-state index contributed by atoms with van der Waals surface area (Å²) in [7, 11) is 0. The van der Waals surface area contributed by atoms with Crippen molar-refractivity contribution in [3.05, 3.63) is 28.3 Å². The van der Waals surface area contributed by atoms with E-state index in [1.165, 1.54) is 12.1 Å². The highest BCUT2D eigenvalue weighted by atomic mass is 16.6. The van der Waals surface area contributed by atoms with Crippen LogP contribution in [0.3, 0.4) is 0 Å². The van der Waals surface area contributed by atoms with Crippen LogP contribution in [-0.2, 0) is 0 Å². The Labute approximate surface area is 103 Å². The number of nitrogens with zero attached hydrogens (tertiary/aromatic N) is 2. The Kier molecular flexibility index (Phi) is 2.92. The van der Waals surface area contributed by atoms with Crippen LogP contribution < -0.4 is 5.32 Å². The molecule has 0 radical (unpaired) electrons. The molecule has 7 heteroatoms. The number of nitro groups is 1. The number of aromatic nitrogens is 1. The van der Waals surface area contributed by atoms with Gasteiger partial charge in [0.1, 0.15) is 0 Å². The summed E-state index contributed by atoms with van der Waals surface area (Å²) >= 11 is 0. The van der Waals surface area contributed by atoms with Crippen LogP contribution in [0.15, 0.2) is 22.6 Å². The van der Waals surface area contributed by atoms with Crippen LogP contribution in [-0.4, -0.2) is 27.2 Å². The number of para-hydroxylation sites is 1. The van der Waals surface area contributed by atoms with Crippen LogP contribution in [0.5, 0.6) is 0 Å². The fourth-order valence-corrected chi connectivity index (χ4v) is 1.45. The zero-order valence-electron chi connectivity index (χ0n) is 10.0. The Hall–Kier alpha value is -2.15. The number of nitro benzene ring substituents is 1. The molecule has 7 nitrogen and oxygen atoms in total. The molecule has 0 spiro atoms. The normalized spacial score (nSPS) is 11.7. The number of rotatable bonds is 4. The van der Waals surface area contributed by atoms with Gasteiger partial charge < -0.3 is 14.8 Å². The van der Waals surface area contributed by atoms with E-state index >= 15 is 0 Å². The van der Waals surface area contributed by atoms with Gasteiger partial charge in [0.2, 0.25) is 0 Å². The lowest BCUT2D eigenvalue weighted by Gasteiger charge is -2.16. The van der Waals surface area contributed by atoms with Crippen molar-refractivity contribution >= 4 is 22.8 Å². The second-order valence-corrected chi connectivity index (χ2v) is 4.57. The predicted molar refractivity (Wildman–Crippen MR) is 65.5 cm³/mol. The van der Waals surface area contributed by atoms with E-state index in [-0.39, 0.29) is 23.8 Å². The zero-order chi connectivity index (χ0) is 13.3. The maximum atomic E-state index is 10.8. The first-order valence-corrected chi connectivity index (χ1v) is 5.37. The standard InChI is InChI=1S/C11H13N3O4/c1-11(2,15)6-12-10-13-9-7(14(16)17)4-3-5-8(9)18-10/h3-5,15H,6H2,1-2H3,(H,12,13). The van der Waals surface area contributed by atoms with Gasteiger partial charge in [-0.15, -0.1) is 0 Å². The van der Waals surface area contributed by atoms with Gasteiger partial charge in [-0.2, -0.15) is 4.98 Å². The van der Waals surface area contributed by atoms with E-state index in [9.17, 15) is 15.2 Å². The quantitative estimate of drug-likeness (QED) is 0.635. The number of oxazole rings is 1. The van der Waals surface area contributed by atoms with E-state index < -0.39 is 10.5 Å². The van der Waals surface area contributed by atoms with Gasteiger partial charge in [-0.25, -0.2) is 0 Å². The van der Waals surface area contributed by atoms with Gasteiger partial charge in [-0.3, -0.25) is 10.1 Å². The predicted octanol–water partition coefficient (Wildman–Crippen LogP) is 1.92. The molecule has 1 heterocycles. The van der Waals surface area contributed by atoms with E-state index in [2.05, 4.69) is 10.3 Å². The van der Waals surface area contributed by atoms with E-state index in [1.807, 2.05) is 0 Å². The molecule has 1 aromatic heterocycles. The fraction of sp³-hybridized carbons (Fsp3) is 0.364. The molecule has 0 bridgehead atoms. The molecule has 0 saturated heterocycles. The van der Waals surface area contributed by atoms with E-state index in [4.69, 9.17) is 4.42 Å². The Morgan fingerprint density at radius 1 is 1.56 bits per heavy atom. The molecule has 18 heavy (non-hydrogen) atoms. The van der Waals surface area contributed by atoms with Gasteiger partial charge in [0.25, 0.3) is 11.7 Å². The summed E-state index contributed by atoms with van der Waals surface area (Å²) in [5.74, 6) is 0. The number of non-ortho nitro benzene ring substituents is 1. The van der Waals surface area contributed by atoms with Crippen molar-refractivity contribution in [3.63, 3.8) is 0 Å². The van der Waals surface area contributed by atoms with Crippen LogP contribution in [0.25, 0.3) is 11.1 Å². The number of hydrogen-bond donors (Lipinski definition) is 2. The number of benzene rings is 1. The number of nitrogens with one attached hydrogen (secondary N) is 1. The minimum atomic E-state index is -0.924. The van der Waals surface area contributed by atoms with Crippen LogP contribution in [0, 0.1) is 10.1 Å². The summed E-state index contributed by atoms with van der Waals surface area (Å²) < 4.78 is 5.32. The number of hydrogen-bond acceptors (Lipinski definition) is 6. The van der Waals surface area contributed by atoms with Crippen LogP contribution in [0.2, 0.25) is 0 Å². The Balaban J connectivity index is 2.33. The van der Waals surface area contributed by atoms with E-state index in [0.29, 0.717) is 5.58 Å². The van der Waals surface area contributed by atoms with Crippen molar-refractivity contribution < 1.29 is 14.4 Å². The monoisotopic (exact) mass is 251 g/mol. The molecular formula is C11H13N3O4. The second-order valence-electron chi connectivity index (χ2n) is 4.57. The lowest BCUT2D eigenvalue weighted by atomic mass is 10.1. The number of aliphatic hydroxyl groups is 1. The van der Waals surface area contributed by atoms with Crippen molar-refractivity contribution in [2.24, 2.45) is 0 Å². The molecule has 0 fully saturated rings. The molecule has 0 aliphatic heterocycles. The smallest absolute Gasteiger partial charge is 0.298 e. The summed E-state index contributed by atoms with van der Waals surface area (Å²) in [6, 6.07) is 4.65. The Bertz CT molecular complexity index is 585.